The molecule has 1 saturated heterocycles. The molecule has 1 aliphatic heterocycles. The normalized spacial score (nSPS) is 41.4. The topological polar surface area (TPSA) is 38.7 Å². The molecule has 1 N–H and O–H groups in total. The Morgan fingerprint density at radius 2 is 2.17 bits per heavy atom. The van der Waals surface area contributed by atoms with Gasteiger partial charge in [0.15, 0.2) is 6.29 Å². The smallest absolute Gasteiger partial charge is 0.158 e. The van der Waals surface area contributed by atoms with Gasteiger partial charge >= 0.3 is 0 Å². The van der Waals surface area contributed by atoms with Gasteiger partial charge in [0.1, 0.15) is 0 Å². The lowest BCUT2D eigenvalue weighted by molar-refractivity contribution is -0.116. The van der Waals surface area contributed by atoms with Crippen LogP contribution in [0.2, 0.25) is 0 Å². The molecule has 0 aromatic rings. The van der Waals surface area contributed by atoms with Gasteiger partial charge in [-0.2, -0.15) is 11.8 Å². The molecule has 2 fully saturated rings. The van der Waals surface area contributed by atoms with Crippen molar-refractivity contribution < 1.29 is 14.6 Å². The third-order valence-electron chi connectivity index (χ3n) is 4.01. The van der Waals surface area contributed by atoms with Crippen LogP contribution in [-0.2, 0) is 9.47 Å². The SMILES string of the molecule is CO[C@H]1C[C@@H]2[C@H](O)[C@@H](C(C=CSC)SC)C[C@@H]2O1. The molecule has 5 heteroatoms. The van der Waals surface area contributed by atoms with Gasteiger partial charge in [-0.15, -0.1) is 11.8 Å². The van der Waals surface area contributed by atoms with E-state index in [1.54, 1.807) is 18.9 Å². The summed E-state index contributed by atoms with van der Waals surface area (Å²) in [4.78, 5) is 0. The molecule has 0 spiro atoms. The van der Waals surface area contributed by atoms with Crippen molar-refractivity contribution in [3.05, 3.63) is 11.5 Å². The summed E-state index contributed by atoms with van der Waals surface area (Å²) in [6, 6.07) is 0. The zero-order valence-electron chi connectivity index (χ0n) is 11.1. The van der Waals surface area contributed by atoms with E-state index in [-0.39, 0.29) is 24.4 Å². The fraction of sp³-hybridized carbons (Fsp3) is 0.846. The minimum Gasteiger partial charge on any atom is -0.392 e. The van der Waals surface area contributed by atoms with E-state index in [4.69, 9.17) is 9.47 Å². The van der Waals surface area contributed by atoms with E-state index in [0.29, 0.717) is 11.2 Å². The average molecular weight is 290 g/mol. The van der Waals surface area contributed by atoms with Gasteiger partial charge in [0, 0.05) is 30.6 Å². The number of hydrogen-bond donors (Lipinski definition) is 1. The Morgan fingerprint density at radius 3 is 2.72 bits per heavy atom. The molecule has 1 aliphatic carbocycles. The first-order valence-corrected chi connectivity index (χ1v) is 8.87. The molecule has 0 aromatic carbocycles. The Balaban J connectivity index is 1.99. The Bertz CT molecular complexity index is 298. The second-order valence-corrected chi connectivity index (χ2v) is 6.65. The van der Waals surface area contributed by atoms with E-state index < -0.39 is 0 Å². The number of ether oxygens (including phenoxy) is 2. The Labute approximate surface area is 118 Å². The molecule has 2 rings (SSSR count). The van der Waals surface area contributed by atoms with Gasteiger partial charge in [-0.1, -0.05) is 6.08 Å². The van der Waals surface area contributed by atoms with Crippen LogP contribution in [0.4, 0.5) is 0 Å². The van der Waals surface area contributed by atoms with Crippen molar-refractivity contribution in [1.29, 1.82) is 0 Å². The highest BCUT2D eigenvalue weighted by molar-refractivity contribution is 8.01. The predicted octanol–water partition coefficient (Wildman–Crippen LogP) is 2.35. The van der Waals surface area contributed by atoms with Gasteiger partial charge in [-0.25, -0.2) is 0 Å². The standard InChI is InChI=1S/C13H22O3S2/c1-15-12-7-8-10(16-12)6-9(13(8)14)11(18-3)4-5-17-2/h4-5,8-14H,6-7H2,1-3H3/t8-,9+,10-,11?,12+,13-/m0/s1. The maximum absolute atomic E-state index is 10.5. The van der Waals surface area contributed by atoms with E-state index in [9.17, 15) is 5.11 Å². The molecular weight excluding hydrogens is 268 g/mol. The lowest BCUT2D eigenvalue weighted by atomic mass is 9.96. The highest BCUT2D eigenvalue weighted by Crippen LogP contribution is 2.46. The molecular formula is C13H22O3S2. The summed E-state index contributed by atoms with van der Waals surface area (Å²) in [7, 11) is 1.67. The largest absolute Gasteiger partial charge is 0.392 e. The molecule has 1 heterocycles. The zero-order valence-corrected chi connectivity index (χ0v) is 12.7. The van der Waals surface area contributed by atoms with Crippen LogP contribution in [0.5, 0.6) is 0 Å². The van der Waals surface area contributed by atoms with Crippen molar-refractivity contribution in [2.24, 2.45) is 11.8 Å². The van der Waals surface area contributed by atoms with Crippen LogP contribution in [0.1, 0.15) is 12.8 Å². The quantitative estimate of drug-likeness (QED) is 0.841. The Kier molecular flexibility index (Phi) is 5.45. The van der Waals surface area contributed by atoms with Crippen molar-refractivity contribution in [2.45, 2.75) is 36.6 Å². The fourth-order valence-corrected chi connectivity index (χ4v) is 4.36. The highest BCUT2D eigenvalue weighted by Gasteiger charge is 2.50. The maximum Gasteiger partial charge on any atom is 0.158 e. The van der Waals surface area contributed by atoms with Crippen LogP contribution < -0.4 is 0 Å². The second kappa shape index (κ2) is 6.66. The maximum atomic E-state index is 10.5. The lowest BCUT2D eigenvalue weighted by Crippen LogP contribution is -2.28. The van der Waals surface area contributed by atoms with Gasteiger partial charge in [-0.3, -0.25) is 0 Å². The van der Waals surface area contributed by atoms with E-state index in [2.05, 4.69) is 24.0 Å². The van der Waals surface area contributed by atoms with E-state index in [1.807, 2.05) is 11.8 Å². The summed E-state index contributed by atoms with van der Waals surface area (Å²) in [5.74, 6) is 0.550. The highest BCUT2D eigenvalue weighted by atomic mass is 32.2. The summed E-state index contributed by atoms with van der Waals surface area (Å²) < 4.78 is 11.0. The molecule has 6 atom stereocenters. The van der Waals surface area contributed by atoms with Crippen LogP contribution >= 0.6 is 23.5 Å². The molecule has 2 aliphatic rings. The minimum absolute atomic E-state index is 0.120. The number of rotatable bonds is 5. The molecule has 3 nitrogen and oxygen atoms in total. The third kappa shape index (κ3) is 2.90. The molecule has 0 amide bonds. The minimum atomic E-state index is -0.265. The van der Waals surface area contributed by atoms with E-state index in [1.165, 1.54) is 0 Å². The first kappa shape index (κ1) is 14.7. The van der Waals surface area contributed by atoms with Crippen molar-refractivity contribution in [1.82, 2.24) is 0 Å². The Hall–Kier alpha value is 0.320. The summed E-state index contributed by atoms with van der Waals surface area (Å²) in [5.41, 5.74) is 0. The molecule has 1 saturated carbocycles. The number of methoxy groups -OCH3 is 1. The third-order valence-corrected chi connectivity index (χ3v) is 5.49. The second-order valence-electron chi connectivity index (χ2n) is 4.89. The zero-order chi connectivity index (χ0) is 13.1. The van der Waals surface area contributed by atoms with Crippen LogP contribution in [0.3, 0.4) is 0 Å². The van der Waals surface area contributed by atoms with Gasteiger partial charge in [0.2, 0.25) is 0 Å². The summed E-state index contributed by atoms with van der Waals surface area (Å²) >= 11 is 3.51. The van der Waals surface area contributed by atoms with Crippen LogP contribution in [0.25, 0.3) is 0 Å². The van der Waals surface area contributed by atoms with Gasteiger partial charge in [0.25, 0.3) is 0 Å². The number of aliphatic hydroxyl groups excluding tert-OH is 1. The number of hydrogen-bond acceptors (Lipinski definition) is 5. The molecule has 0 aromatic heterocycles. The average Bonchev–Trinajstić information content (AvgIpc) is 2.91. The molecule has 1 unspecified atom stereocenters. The van der Waals surface area contributed by atoms with Gasteiger partial charge in [-0.05, 0) is 24.3 Å². The van der Waals surface area contributed by atoms with Crippen LogP contribution in [0, 0.1) is 11.8 Å². The summed E-state index contributed by atoms with van der Waals surface area (Å²) in [6.07, 6.45) is 7.92. The van der Waals surface area contributed by atoms with Crippen molar-refractivity contribution in [3.63, 3.8) is 0 Å². The molecule has 0 radical (unpaired) electrons. The van der Waals surface area contributed by atoms with E-state index >= 15 is 0 Å². The molecule has 0 bridgehead atoms. The first-order chi connectivity index (χ1) is 8.71. The Morgan fingerprint density at radius 1 is 1.39 bits per heavy atom. The van der Waals surface area contributed by atoms with Crippen molar-refractivity contribution >= 4 is 23.5 Å². The van der Waals surface area contributed by atoms with E-state index in [0.717, 1.165) is 12.8 Å². The fourth-order valence-electron chi connectivity index (χ4n) is 3.07. The summed E-state index contributed by atoms with van der Waals surface area (Å²) in [6.45, 7) is 0. The number of aliphatic hydroxyl groups is 1. The first-order valence-electron chi connectivity index (χ1n) is 6.29. The molecule has 18 heavy (non-hydrogen) atoms. The van der Waals surface area contributed by atoms with Gasteiger partial charge in [0.05, 0.1) is 12.2 Å². The van der Waals surface area contributed by atoms with Gasteiger partial charge < -0.3 is 14.6 Å². The lowest BCUT2D eigenvalue weighted by Gasteiger charge is -2.24. The molecule has 104 valence electrons. The predicted molar refractivity (Wildman–Crippen MR) is 77.8 cm³/mol. The number of fused-ring (bicyclic) bond motifs is 1. The number of thioether (sulfide) groups is 2. The van der Waals surface area contributed by atoms with Crippen molar-refractivity contribution in [3.8, 4) is 0 Å². The van der Waals surface area contributed by atoms with Crippen LogP contribution in [-0.4, -0.2) is 48.5 Å². The van der Waals surface area contributed by atoms with Crippen molar-refractivity contribution in [2.75, 3.05) is 19.6 Å². The monoisotopic (exact) mass is 290 g/mol. The van der Waals surface area contributed by atoms with Crippen LogP contribution in [0.15, 0.2) is 11.5 Å². The summed E-state index contributed by atoms with van der Waals surface area (Å²) in [5, 5.41) is 13.0.